The van der Waals surface area contributed by atoms with E-state index in [1.807, 2.05) is 6.07 Å². The van der Waals surface area contributed by atoms with Crippen molar-refractivity contribution in [1.29, 1.82) is 0 Å². The van der Waals surface area contributed by atoms with Crippen molar-refractivity contribution in [2.75, 3.05) is 43.6 Å². The molecule has 28 heavy (non-hydrogen) atoms. The Morgan fingerprint density at radius 3 is 2.46 bits per heavy atom. The monoisotopic (exact) mass is 422 g/mol. The molecule has 0 saturated carbocycles. The molecular formula is C20H20Cl2N2O4. The van der Waals surface area contributed by atoms with Crippen molar-refractivity contribution in [3.63, 3.8) is 0 Å². The Balaban J connectivity index is 1.82. The molecule has 148 valence electrons. The molecule has 1 fully saturated rings. The third-order valence-electron chi connectivity index (χ3n) is 4.46. The zero-order chi connectivity index (χ0) is 20.1. The average Bonchev–Trinajstić information content (AvgIpc) is 2.71. The van der Waals surface area contributed by atoms with Crippen molar-refractivity contribution < 1.29 is 19.1 Å². The molecule has 0 radical (unpaired) electrons. The topological polar surface area (TPSA) is 67.9 Å². The maximum atomic E-state index is 12.5. The highest BCUT2D eigenvalue weighted by atomic mass is 35.5. The fourth-order valence-electron chi connectivity index (χ4n) is 2.99. The SMILES string of the molecule is COC(=O)c1cc(N2CCOCC2)ccc1NC(=O)Cc1c(Cl)cccc1Cl. The first-order valence-corrected chi connectivity index (χ1v) is 9.53. The molecule has 0 spiro atoms. The highest BCUT2D eigenvalue weighted by molar-refractivity contribution is 6.36. The van der Waals surface area contributed by atoms with E-state index < -0.39 is 5.97 Å². The van der Waals surface area contributed by atoms with Crippen LogP contribution in [0, 0.1) is 0 Å². The van der Waals surface area contributed by atoms with Gasteiger partial charge in [0, 0.05) is 28.8 Å². The Morgan fingerprint density at radius 1 is 1.14 bits per heavy atom. The molecular weight excluding hydrogens is 403 g/mol. The van der Waals surface area contributed by atoms with E-state index in [0.717, 1.165) is 18.8 Å². The molecule has 2 aromatic carbocycles. The van der Waals surface area contributed by atoms with Gasteiger partial charge in [0.1, 0.15) is 0 Å². The smallest absolute Gasteiger partial charge is 0.340 e. The van der Waals surface area contributed by atoms with Crippen LogP contribution in [0.15, 0.2) is 36.4 Å². The third kappa shape index (κ3) is 4.76. The summed E-state index contributed by atoms with van der Waals surface area (Å²) in [7, 11) is 1.30. The van der Waals surface area contributed by atoms with Crippen molar-refractivity contribution in [2.24, 2.45) is 0 Å². The predicted molar refractivity (Wildman–Crippen MR) is 110 cm³/mol. The van der Waals surface area contributed by atoms with E-state index in [0.29, 0.717) is 34.5 Å². The van der Waals surface area contributed by atoms with Crippen molar-refractivity contribution >= 4 is 46.5 Å². The van der Waals surface area contributed by atoms with Crippen LogP contribution in [0.1, 0.15) is 15.9 Å². The standard InChI is InChI=1S/C20H20Cl2N2O4/c1-27-20(26)15-11-13(24-7-9-28-10-8-24)5-6-18(15)23-19(25)12-14-16(21)3-2-4-17(14)22/h2-6,11H,7-10,12H2,1H3,(H,23,25). The van der Waals surface area contributed by atoms with Gasteiger partial charge in [0.25, 0.3) is 0 Å². The van der Waals surface area contributed by atoms with Gasteiger partial charge in [0.15, 0.2) is 0 Å². The van der Waals surface area contributed by atoms with E-state index in [9.17, 15) is 9.59 Å². The van der Waals surface area contributed by atoms with Crippen LogP contribution in [-0.2, 0) is 20.7 Å². The quantitative estimate of drug-likeness (QED) is 0.742. The van der Waals surface area contributed by atoms with Gasteiger partial charge < -0.3 is 19.7 Å². The minimum absolute atomic E-state index is 0.00959. The van der Waals surface area contributed by atoms with Crippen LogP contribution >= 0.6 is 23.2 Å². The van der Waals surface area contributed by atoms with Crippen molar-refractivity contribution in [2.45, 2.75) is 6.42 Å². The number of amides is 1. The van der Waals surface area contributed by atoms with Gasteiger partial charge in [0.2, 0.25) is 5.91 Å². The lowest BCUT2D eigenvalue weighted by molar-refractivity contribution is -0.115. The molecule has 0 aromatic heterocycles. The highest BCUT2D eigenvalue weighted by Crippen LogP contribution is 2.27. The lowest BCUT2D eigenvalue weighted by atomic mass is 10.1. The Kier molecular flexibility index (Phi) is 6.78. The largest absolute Gasteiger partial charge is 0.465 e. The van der Waals surface area contributed by atoms with Gasteiger partial charge >= 0.3 is 5.97 Å². The van der Waals surface area contributed by atoms with E-state index >= 15 is 0 Å². The second kappa shape index (κ2) is 9.28. The fraction of sp³-hybridized carbons (Fsp3) is 0.300. The number of nitrogens with zero attached hydrogens (tertiary/aromatic N) is 1. The van der Waals surface area contributed by atoms with E-state index in [4.69, 9.17) is 32.7 Å². The van der Waals surface area contributed by atoms with Crippen molar-refractivity contribution in [3.05, 3.63) is 57.6 Å². The Bertz CT molecular complexity index is 862. The number of carbonyl (C=O) groups excluding carboxylic acids is 2. The molecule has 1 amide bonds. The van der Waals surface area contributed by atoms with Gasteiger partial charge in [0.05, 0.1) is 38.0 Å². The molecule has 0 unspecified atom stereocenters. The molecule has 2 aromatic rings. The van der Waals surface area contributed by atoms with Gasteiger partial charge in [-0.1, -0.05) is 29.3 Å². The lowest BCUT2D eigenvalue weighted by Crippen LogP contribution is -2.36. The zero-order valence-corrected chi connectivity index (χ0v) is 16.8. The maximum Gasteiger partial charge on any atom is 0.340 e. The number of ether oxygens (including phenoxy) is 2. The van der Waals surface area contributed by atoms with Crippen LogP contribution < -0.4 is 10.2 Å². The summed E-state index contributed by atoms with van der Waals surface area (Å²) in [5.74, 6) is -0.861. The predicted octanol–water partition coefficient (Wildman–Crippen LogP) is 3.80. The van der Waals surface area contributed by atoms with E-state index in [-0.39, 0.29) is 17.9 Å². The summed E-state index contributed by atoms with van der Waals surface area (Å²) in [5.41, 5.74) is 2.06. The van der Waals surface area contributed by atoms with Crippen LogP contribution in [-0.4, -0.2) is 45.3 Å². The first-order valence-electron chi connectivity index (χ1n) is 8.77. The summed E-state index contributed by atoms with van der Waals surface area (Å²) >= 11 is 12.3. The number of anilines is 2. The molecule has 1 saturated heterocycles. The molecule has 1 heterocycles. The first-order chi connectivity index (χ1) is 13.5. The van der Waals surface area contributed by atoms with Crippen LogP contribution in [0.4, 0.5) is 11.4 Å². The summed E-state index contributed by atoms with van der Waals surface area (Å²) in [5, 5.41) is 3.59. The molecule has 0 atom stereocenters. The van der Waals surface area contributed by atoms with Crippen LogP contribution in [0.2, 0.25) is 10.0 Å². The summed E-state index contributed by atoms with van der Waals surface area (Å²) in [6, 6.07) is 10.3. The number of nitrogens with one attached hydrogen (secondary N) is 1. The molecule has 6 nitrogen and oxygen atoms in total. The molecule has 8 heteroatoms. The molecule has 3 rings (SSSR count). The number of rotatable bonds is 5. The van der Waals surface area contributed by atoms with Gasteiger partial charge in [-0.25, -0.2) is 4.79 Å². The minimum Gasteiger partial charge on any atom is -0.465 e. The van der Waals surface area contributed by atoms with E-state index in [1.54, 1.807) is 30.3 Å². The van der Waals surface area contributed by atoms with E-state index in [1.165, 1.54) is 7.11 Å². The number of carbonyl (C=O) groups is 2. The zero-order valence-electron chi connectivity index (χ0n) is 15.3. The van der Waals surface area contributed by atoms with Crippen LogP contribution in [0.3, 0.4) is 0 Å². The van der Waals surface area contributed by atoms with Crippen molar-refractivity contribution in [3.8, 4) is 0 Å². The molecule has 0 bridgehead atoms. The third-order valence-corrected chi connectivity index (χ3v) is 5.17. The molecule has 0 aliphatic carbocycles. The molecule has 1 aliphatic heterocycles. The summed E-state index contributed by atoms with van der Waals surface area (Å²) in [4.78, 5) is 26.9. The summed E-state index contributed by atoms with van der Waals surface area (Å²) < 4.78 is 10.2. The number of methoxy groups -OCH3 is 1. The van der Waals surface area contributed by atoms with Crippen molar-refractivity contribution in [1.82, 2.24) is 0 Å². The maximum absolute atomic E-state index is 12.5. The average molecular weight is 423 g/mol. The number of halogens is 2. The minimum atomic E-state index is -0.527. The Labute approximate surface area is 173 Å². The lowest BCUT2D eigenvalue weighted by Gasteiger charge is -2.29. The van der Waals surface area contributed by atoms with Gasteiger partial charge in [-0.15, -0.1) is 0 Å². The number of benzene rings is 2. The van der Waals surface area contributed by atoms with Gasteiger partial charge in [-0.3, -0.25) is 4.79 Å². The number of hydrogen-bond donors (Lipinski definition) is 1. The second-order valence-corrected chi connectivity index (χ2v) is 7.06. The molecule has 1 aliphatic rings. The fourth-order valence-corrected chi connectivity index (χ4v) is 3.53. The van der Waals surface area contributed by atoms with E-state index in [2.05, 4.69) is 10.2 Å². The summed E-state index contributed by atoms with van der Waals surface area (Å²) in [6.45, 7) is 2.73. The van der Waals surface area contributed by atoms with Gasteiger partial charge in [-0.2, -0.15) is 0 Å². The number of hydrogen-bond acceptors (Lipinski definition) is 5. The number of morpholine rings is 1. The normalized spacial score (nSPS) is 13.9. The summed E-state index contributed by atoms with van der Waals surface area (Å²) in [6.07, 6.45) is -0.00959. The Morgan fingerprint density at radius 2 is 1.82 bits per heavy atom. The van der Waals surface area contributed by atoms with Crippen LogP contribution in [0.25, 0.3) is 0 Å². The Hall–Kier alpha value is -2.28. The van der Waals surface area contributed by atoms with Crippen LogP contribution in [0.5, 0.6) is 0 Å². The second-order valence-electron chi connectivity index (χ2n) is 6.25. The first kappa shape index (κ1) is 20.5. The highest BCUT2D eigenvalue weighted by Gasteiger charge is 2.19. The molecule has 1 N–H and O–H groups in total. The number of esters is 1. The van der Waals surface area contributed by atoms with Gasteiger partial charge in [-0.05, 0) is 35.9 Å².